The highest BCUT2D eigenvalue weighted by atomic mass is 16.6. The standard InChI is InChI=1S/C22H24B2N4O6/c1-12-19(13-6-7-18(32-3)26-11-13)34-20-16(31-2)9-14(10-17(20)33-12)22(23,24)27-21-15(28(29)30)5-4-8-25-21/h4-12,19H,23-24H2,1-3H3,(H,25,27)/t12-,19+/m0/s1. The summed E-state index contributed by atoms with van der Waals surface area (Å²) < 4.78 is 23.3. The van der Waals surface area contributed by atoms with Crippen molar-refractivity contribution in [3.63, 3.8) is 0 Å². The van der Waals surface area contributed by atoms with Crippen LogP contribution >= 0.6 is 0 Å². The lowest BCUT2D eigenvalue weighted by molar-refractivity contribution is -0.384. The average Bonchev–Trinajstić information content (AvgIpc) is 2.82. The smallest absolute Gasteiger partial charge is 0.311 e. The van der Waals surface area contributed by atoms with Gasteiger partial charge in [0.15, 0.2) is 17.6 Å². The minimum Gasteiger partial charge on any atom is -0.493 e. The van der Waals surface area contributed by atoms with Gasteiger partial charge in [0, 0.05) is 35.4 Å². The van der Waals surface area contributed by atoms with Crippen LogP contribution in [0.15, 0.2) is 48.8 Å². The summed E-state index contributed by atoms with van der Waals surface area (Å²) in [5, 5.41) is 13.8. The third-order valence-corrected chi connectivity index (χ3v) is 5.66. The molecule has 1 aliphatic heterocycles. The van der Waals surface area contributed by atoms with Crippen LogP contribution in [-0.4, -0.2) is 50.9 Å². The van der Waals surface area contributed by atoms with Gasteiger partial charge in [0.25, 0.3) is 0 Å². The Hall–Kier alpha value is -3.95. The molecule has 3 heterocycles. The second kappa shape index (κ2) is 9.12. The third kappa shape index (κ3) is 4.43. The summed E-state index contributed by atoms with van der Waals surface area (Å²) in [6.07, 6.45) is 2.50. The predicted octanol–water partition coefficient (Wildman–Crippen LogP) is 1.79. The Kier molecular flexibility index (Phi) is 6.23. The van der Waals surface area contributed by atoms with Gasteiger partial charge in [0.1, 0.15) is 21.8 Å². The van der Waals surface area contributed by atoms with Crippen molar-refractivity contribution in [2.45, 2.75) is 24.5 Å². The van der Waals surface area contributed by atoms with E-state index in [1.165, 1.54) is 18.3 Å². The quantitative estimate of drug-likeness (QED) is 0.319. The van der Waals surface area contributed by atoms with Gasteiger partial charge >= 0.3 is 5.69 Å². The van der Waals surface area contributed by atoms with Crippen LogP contribution in [0.4, 0.5) is 11.5 Å². The number of nitrogens with zero attached hydrogens (tertiary/aromatic N) is 3. The van der Waals surface area contributed by atoms with Crippen molar-refractivity contribution in [3.05, 3.63) is 70.0 Å². The second-order valence-corrected chi connectivity index (χ2v) is 8.38. The zero-order valence-electron chi connectivity index (χ0n) is 19.6. The van der Waals surface area contributed by atoms with Gasteiger partial charge in [0.05, 0.1) is 19.1 Å². The highest BCUT2D eigenvalue weighted by Gasteiger charge is 2.35. The molecular weight excluding hydrogens is 438 g/mol. The number of rotatable bonds is 7. The van der Waals surface area contributed by atoms with Crippen molar-refractivity contribution in [3.8, 4) is 23.1 Å². The van der Waals surface area contributed by atoms with Gasteiger partial charge in [-0.1, -0.05) is 0 Å². The number of nitro groups is 1. The van der Waals surface area contributed by atoms with Crippen molar-refractivity contribution < 1.29 is 23.9 Å². The van der Waals surface area contributed by atoms with E-state index in [2.05, 4.69) is 15.3 Å². The van der Waals surface area contributed by atoms with E-state index >= 15 is 0 Å². The van der Waals surface area contributed by atoms with Crippen LogP contribution in [0.3, 0.4) is 0 Å². The molecule has 0 bridgehead atoms. The molecule has 0 spiro atoms. The molecule has 2 atom stereocenters. The Bertz CT molecular complexity index is 1210. The number of aromatic nitrogens is 2. The minimum atomic E-state index is -0.745. The topological polar surface area (TPSA) is 118 Å². The number of benzene rings is 1. The molecule has 0 radical (unpaired) electrons. The highest BCUT2D eigenvalue weighted by Crippen LogP contribution is 2.47. The summed E-state index contributed by atoms with van der Waals surface area (Å²) in [7, 11) is 6.90. The third-order valence-electron chi connectivity index (χ3n) is 5.66. The average molecular weight is 462 g/mol. The molecule has 0 saturated carbocycles. The van der Waals surface area contributed by atoms with Crippen molar-refractivity contribution in [2.75, 3.05) is 19.5 Å². The van der Waals surface area contributed by atoms with Crippen LogP contribution < -0.4 is 24.3 Å². The summed E-state index contributed by atoms with van der Waals surface area (Å²) >= 11 is 0. The fourth-order valence-corrected chi connectivity index (χ4v) is 3.81. The molecule has 0 aliphatic carbocycles. The lowest BCUT2D eigenvalue weighted by Crippen LogP contribution is -2.37. The number of fused-ring (bicyclic) bond motifs is 1. The fraction of sp³-hybridized carbons (Fsp3) is 0.273. The number of hydrogen-bond donors (Lipinski definition) is 1. The van der Waals surface area contributed by atoms with Crippen molar-refractivity contribution in [2.24, 2.45) is 0 Å². The largest absolute Gasteiger partial charge is 0.493 e. The van der Waals surface area contributed by atoms with Crippen LogP contribution in [0.2, 0.25) is 0 Å². The summed E-state index contributed by atoms with van der Waals surface area (Å²) in [5.41, 5.74) is 1.52. The van der Waals surface area contributed by atoms with Gasteiger partial charge in [-0.3, -0.25) is 10.1 Å². The van der Waals surface area contributed by atoms with Crippen LogP contribution in [0.25, 0.3) is 0 Å². The Balaban J connectivity index is 1.67. The summed E-state index contributed by atoms with van der Waals surface area (Å²) in [4.78, 5) is 19.4. The molecule has 2 aromatic heterocycles. The summed E-state index contributed by atoms with van der Waals surface area (Å²) in [6.45, 7) is 1.91. The van der Waals surface area contributed by atoms with Crippen molar-refractivity contribution in [1.29, 1.82) is 0 Å². The van der Waals surface area contributed by atoms with E-state index in [1.54, 1.807) is 26.5 Å². The van der Waals surface area contributed by atoms with Crippen LogP contribution in [0.5, 0.6) is 23.1 Å². The second-order valence-electron chi connectivity index (χ2n) is 8.38. The number of nitrogens with one attached hydrogen (secondary N) is 1. The molecule has 0 saturated heterocycles. The molecular formula is C22H24B2N4O6. The van der Waals surface area contributed by atoms with Crippen LogP contribution in [0, 0.1) is 10.1 Å². The summed E-state index contributed by atoms with van der Waals surface area (Å²) in [6, 6.07) is 10.3. The van der Waals surface area contributed by atoms with Gasteiger partial charge in [0.2, 0.25) is 17.4 Å². The van der Waals surface area contributed by atoms with E-state index in [0.717, 1.165) is 11.1 Å². The van der Waals surface area contributed by atoms with E-state index in [1.807, 2.05) is 40.8 Å². The predicted molar refractivity (Wildman–Crippen MR) is 131 cm³/mol. The Morgan fingerprint density at radius 1 is 1.15 bits per heavy atom. The Labute approximate surface area is 198 Å². The minimum absolute atomic E-state index is 0.107. The molecule has 0 unspecified atom stereocenters. The molecule has 12 heteroatoms. The first kappa shape index (κ1) is 23.2. The molecule has 1 aliphatic rings. The van der Waals surface area contributed by atoms with Crippen molar-refractivity contribution >= 4 is 27.2 Å². The van der Waals surface area contributed by atoms with Gasteiger partial charge in [-0.15, -0.1) is 0 Å². The number of pyridine rings is 2. The maximum absolute atomic E-state index is 11.4. The number of ether oxygens (including phenoxy) is 4. The number of hydrogen-bond acceptors (Lipinski definition) is 9. The zero-order chi connectivity index (χ0) is 24.5. The molecule has 4 rings (SSSR count). The van der Waals surface area contributed by atoms with Crippen LogP contribution in [-0.2, 0) is 5.34 Å². The van der Waals surface area contributed by atoms with Gasteiger partial charge in [-0.2, -0.15) is 0 Å². The first-order chi connectivity index (χ1) is 16.2. The number of anilines is 1. The zero-order valence-corrected chi connectivity index (χ0v) is 19.6. The van der Waals surface area contributed by atoms with Crippen LogP contribution in [0.1, 0.15) is 24.2 Å². The Morgan fingerprint density at radius 3 is 2.59 bits per heavy atom. The molecule has 3 aromatic rings. The van der Waals surface area contributed by atoms with E-state index in [-0.39, 0.29) is 17.6 Å². The SMILES string of the molecule is BC(B)(Nc1ncccc1[N+](=O)[O-])c1cc(OC)c2c(c1)O[C@@H](C)[C@H](c1ccc(OC)nc1)O2. The molecule has 0 amide bonds. The molecule has 1 N–H and O–H groups in total. The fourth-order valence-electron chi connectivity index (χ4n) is 3.81. The van der Waals surface area contributed by atoms with Gasteiger partial charge < -0.3 is 24.3 Å². The maximum atomic E-state index is 11.4. The lowest BCUT2D eigenvalue weighted by atomic mass is 9.58. The van der Waals surface area contributed by atoms with Gasteiger partial charge in [-0.25, -0.2) is 9.97 Å². The van der Waals surface area contributed by atoms with E-state index < -0.39 is 16.4 Å². The molecule has 0 fully saturated rings. The van der Waals surface area contributed by atoms with Gasteiger partial charge in [-0.05, 0) is 36.8 Å². The van der Waals surface area contributed by atoms with Crippen molar-refractivity contribution in [1.82, 2.24) is 9.97 Å². The van der Waals surface area contributed by atoms with E-state index in [9.17, 15) is 10.1 Å². The first-order valence-corrected chi connectivity index (χ1v) is 10.7. The molecule has 174 valence electrons. The maximum Gasteiger partial charge on any atom is 0.311 e. The number of methoxy groups -OCH3 is 2. The van der Waals surface area contributed by atoms with E-state index in [4.69, 9.17) is 18.9 Å². The monoisotopic (exact) mass is 462 g/mol. The first-order valence-electron chi connectivity index (χ1n) is 10.7. The molecule has 34 heavy (non-hydrogen) atoms. The van der Waals surface area contributed by atoms with E-state index in [0.29, 0.717) is 23.1 Å². The summed E-state index contributed by atoms with van der Waals surface area (Å²) in [5.74, 6) is 2.16. The normalized spacial score (nSPS) is 17.0. The lowest BCUT2D eigenvalue weighted by Gasteiger charge is -2.35. The highest BCUT2D eigenvalue weighted by molar-refractivity contribution is 6.41. The Morgan fingerprint density at radius 2 is 1.94 bits per heavy atom. The molecule has 1 aromatic carbocycles. The molecule has 10 nitrogen and oxygen atoms in total.